The number of carbonyl (C=O) groups is 2. The predicted octanol–water partition coefficient (Wildman–Crippen LogP) is -0.151. The van der Waals surface area contributed by atoms with Crippen LogP contribution in [0.4, 0.5) is 5.69 Å². The van der Waals surface area contributed by atoms with Gasteiger partial charge in [-0.3, -0.25) is 9.48 Å². The second-order valence-electron chi connectivity index (χ2n) is 4.36. The van der Waals surface area contributed by atoms with Crippen LogP contribution in [-0.4, -0.2) is 52.4 Å². The van der Waals surface area contributed by atoms with Crippen molar-refractivity contribution in [2.45, 2.75) is 0 Å². The molecule has 0 saturated carbocycles. The summed E-state index contributed by atoms with van der Waals surface area (Å²) in [6.07, 6.45) is 2.83. The van der Waals surface area contributed by atoms with Crippen LogP contribution in [0.3, 0.4) is 0 Å². The zero-order chi connectivity index (χ0) is 14.9. The number of likely N-dealkylation sites (N-methyl/N-ethyl adjacent to an activating group) is 2. The number of hydrogen-bond donors (Lipinski definition) is 2. The van der Waals surface area contributed by atoms with E-state index in [-0.39, 0.29) is 18.0 Å². The number of anilines is 1. The third kappa shape index (κ3) is 2.27. The van der Waals surface area contributed by atoms with E-state index in [9.17, 15) is 14.7 Å². The molecular weight excluding hydrogens is 262 g/mol. The van der Waals surface area contributed by atoms with Gasteiger partial charge < -0.3 is 15.3 Å². The fraction of sp³-hybridized carbons (Fsp3) is 0.333. The van der Waals surface area contributed by atoms with Crippen LogP contribution in [0.5, 0.6) is 0 Å². The van der Waals surface area contributed by atoms with Crippen molar-refractivity contribution < 1.29 is 14.7 Å². The summed E-state index contributed by atoms with van der Waals surface area (Å²) in [5, 5.41) is 16.4. The number of aromatic nitrogens is 3. The first-order chi connectivity index (χ1) is 9.45. The van der Waals surface area contributed by atoms with Crippen LogP contribution in [0, 0.1) is 0 Å². The molecule has 0 saturated heterocycles. The molecule has 2 aromatic heterocycles. The van der Waals surface area contributed by atoms with Crippen LogP contribution in [0.2, 0.25) is 0 Å². The van der Waals surface area contributed by atoms with Crippen LogP contribution in [0.25, 0.3) is 11.0 Å². The number of carbonyl (C=O) groups excluding carboxylic acids is 1. The number of pyridine rings is 1. The Morgan fingerprint density at radius 2 is 2.15 bits per heavy atom. The van der Waals surface area contributed by atoms with E-state index in [1.54, 1.807) is 29.9 Å². The highest BCUT2D eigenvalue weighted by molar-refractivity contribution is 6.04. The van der Waals surface area contributed by atoms with Crippen molar-refractivity contribution in [3.05, 3.63) is 18.0 Å². The molecule has 0 aliphatic heterocycles. The Morgan fingerprint density at radius 3 is 2.75 bits per heavy atom. The van der Waals surface area contributed by atoms with Gasteiger partial charge in [-0.15, -0.1) is 0 Å². The number of aryl methyl sites for hydroxylation is 1. The minimum atomic E-state index is -1.10. The lowest BCUT2D eigenvalue weighted by Crippen LogP contribution is -2.33. The first-order valence-electron chi connectivity index (χ1n) is 5.91. The number of fused-ring (bicyclic) bond motifs is 1. The number of carboxylic acids is 1. The molecule has 8 heteroatoms. The zero-order valence-electron chi connectivity index (χ0n) is 11.4. The number of aromatic carboxylic acids is 1. The molecule has 8 nitrogen and oxygen atoms in total. The van der Waals surface area contributed by atoms with E-state index in [4.69, 9.17) is 0 Å². The molecule has 0 atom stereocenters. The predicted molar refractivity (Wildman–Crippen MR) is 72.8 cm³/mol. The highest BCUT2D eigenvalue weighted by Gasteiger charge is 2.20. The Morgan fingerprint density at radius 1 is 1.45 bits per heavy atom. The summed E-state index contributed by atoms with van der Waals surface area (Å²) in [7, 11) is 4.91. The Balaban J connectivity index is 2.60. The summed E-state index contributed by atoms with van der Waals surface area (Å²) < 4.78 is 1.55. The Kier molecular flexibility index (Phi) is 3.55. The van der Waals surface area contributed by atoms with Crippen LogP contribution in [0.15, 0.2) is 12.4 Å². The Bertz CT molecular complexity index is 679. The summed E-state index contributed by atoms with van der Waals surface area (Å²) in [5.41, 5.74) is 1.03. The quantitative estimate of drug-likeness (QED) is 0.806. The number of rotatable bonds is 4. The Hall–Kier alpha value is -2.64. The number of amides is 1. The molecule has 0 spiro atoms. The topological polar surface area (TPSA) is 100 Å². The van der Waals surface area contributed by atoms with E-state index in [2.05, 4.69) is 15.4 Å². The van der Waals surface area contributed by atoms with Gasteiger partial charge in [-0.1, -0.05) is 0 Å². The van der Waals surface area contributed by atoms with E-state index in [1.807, 2.05) is 0 Å². The average molecular weight is 277 g/mol. The summed E-state index contributed by atoms with van der Waals surface area (Å²) >= 11 is 0. The van der Waals surface area contributed by atoms with Crippen LogP contribution in [0.1, 0.15) is 10.4 Å². The fourth-order valence-corrected chi connectivity index (χ4v) is 2.02. The molecule has 2 heterocycles. The van der Waals surface area contributed by atoms with Crippen molar-refractivity contribution in [3.8, 4) is 0 Å². The summed E-state index contributed by atoms with van der Waals surface area (Å²) in [6.45, 7) is 0.0464. The van der Waals surface area contributed by atoms with Gasteiger partial charge in [0, 0.05) is 27.3 Å². The highest BCUT2D eigenvalue weighted by atomic mass is 16.4. The monoisotopic (exact) mass is 277 g/mol. The van der Waals surface area contributed by atoms with Gasteiger partial charge in [-0.2, -0.15) is 5.10 Å². The lowest BCUT2D eigenvalue weighted by molar-refractivity contribution is -0.119. The van der Waals surface area contributed by atoms with E-state index in [1.165, 1.54) is 13.2 Å². The normalized spacial score (nSPS) is 10.6. The first-order valence-corrected chi connectivity index (χ1v) is 5.91. The smallest absolute Gasteiger partial charge is 0.339 e. The van der Waals surface area contributed by atoms with Gasteiger partial charge in [0.1, 0.15) is 5.56 Å². The second kappa shape index (κ2) is 5.16. The lowest BCUT2D eigenvalue weighted by Gasteiger charge is -2.20. The van der Waals surface area contributed by atoms with Gasteiger partial charge in [-0.25, -0.2) is 9.78 Å². The molecule has 1 amide bonds. The molecule has 0 unspecified atom stereocenters. The van der Waals surface area contributed by atoms with Gasteiger partial charge in [0.2, 0.25) is 5.91 Å². The maximum Gasteiger partial charge on any atom is 0.339 e. The first kappa shape index (κ1) is 13.8. The van der Waals surface area contributed by atoms with Gasteiger partial charge in [-0.05, 0) is 0 Å². The number of nitrogens with zero attached hydrogens (tertiary/aromatic N) is 4. The SMILES string of the molecule is CNC(=O)CN(C)c1c(C(=O)O)cnc2c1cnn2C. The van der Waals surface area contributed by atoms with Crippen LogP contribution in [-0.2, 0) is 11.8 Å². The van der Waals surface area contributed by atoms with Gasteiger partial charge >= 0.3 is 5.97 Å². The molecular formula is C12H15N5O3. The van der Waals surface area contributed by atoms with Crippen molar-refractivity contribution in [2.75, 3.05) is 25.5 Å². The minimum Gasteiger partial charge on any atom is -0.478 e. The molecule has 2 rings (SSSR count). The van der Waals surface area contributed by atoms with Gasteiger partial charge in [0.05, 0.1) is 23.8 Å². The van der Waals surface area contributed by atoms with Crippen LogP contribution < -0.4 is 10.2 Å². The van der Waals surface area contributed by atoms with Gasteiger partial charge in [0.15, 0.2) is 5.65 Å². The summed E-state index contributed by atoms with van der Waals surface area (Å²) in [5.74, 6) is -1.31. The third-order valence-corrected chi connectivity index (χ3v) is 3.01. The standard InChI is InChI=1S/C12H15N5O3/c1-13-9(18)6-16(2)10-7-5-15-17(3)11(7)14-4-8(10)12(19)20/h4-5H,6H2,1-3H3,(H,13,18)(H,19,20). The third-order valence-electron chi connectivity index (χ3n) is 3.01. The molecule has 2 N–H and O–H groups in total. The Labute approximate surface area is 115 Å². The van der Waals surface area contributed by atoms with E-state index >= 15 is 0 Å². The van der Waals surface area contributed by atoms with Crippen LogP contribution >= 0.6 is 0 Å². The van der Waals surface area contributed by atoms with Crippen molar-refractivity contribution in [1.82, 2.24) is 20.1 Å². The molecule has 0 radical (unpaired) electrons. The van der Waals surface area contributed by atoms with Crippen molar-refractivity contribution in [3.63, 3.8) is 0 Å². The summed E-state index contributed by atoms with van der Waals surface area (Å²) in [6, 6.07) is 0. The average Bonchev–Trinajstić information content (AvgIpc) is 2.79. The maximum absolute atomic E-state index is 11.5. The molecule has 0 aliphatic rings. The molecule has 0 aliphatic carbocycles. The van der Waals surface area contributed by atoms with Crippen molar-refractivity contribution >= 4 is 28.6 Å². The number of nitrogens with one attached hydrogen (secondary N) is 1. The van der Waals surface area contributed by atoms with Crippen molar-refractivity contribution in [2.24, 2.45) is 7.05 Å². The van der Waals surface area contributed by atoms with E-state index in [0.29, 0.717) is 16.7 Å². The summed E-state index contributed by atoms with van der Waals surface area (Å²) in [4.78, 5) is 28.5. The number of hydrogen-bond acceptors (Lipinski definition) is 5. The minimum absolute atomic E-state index is 0.0388. The largest absolute Gasteiger partial charge is 0.478 e. The van der Waals surface area contributed by atoms with E-state index in [0.717, 1.165) is 0 Å². The molecule has 20 heavy (non-hydrogen) atoms. The number of carboxylic acid groups (broad SMARTS) is 1. The maximum atomic E-state index is 11.5. The lowest BCUT2D eigenvalue weighted by atomic mass is 10.1. The highest BCUT2D eigenvalue weighted by Crippen LogP contribution is 2.28. The second-order valence-corrected chi connectivity index (χ2v) is 4.36. The molecule has 106 valence electrons. The van der Waals surface area contributed by atoms with Gasteiger partial charge in [0.25, 0.3) is 0 Å². The molecule has 2 aromatic rings. The van der Waals surface area contributed by atoms with Crippen molar-refractivity contribution in [1.29, 1.82) is 0 Å². The zero-order valence-corrected chi connectivity index (χ0v) is 11.4. The molecule has 0 fully saturated rings. The molecule has 0 bridgehead atoms. The fourth-order valence-electron chi connectivity index (χ4n) is 2.02. The molecule has 0 aromatic carbocycles. The van der Waals surface area contributed by atoms with E-state index < -0.39 is 5.97 Å².